The molecule has 5 nitrogen and oxygen atoms in total. The molecule has 94 valence electrons. The van der Waals surface area contributed by atoms with Crippen molar-refractivity contribution in [3.63, 3.8) is 0 Å². The molecule has 0 amide bonds. The molecule has 2 aromatic rings. The van der Waals surface area contributed by atoms with Gasteiger partial charge < -0.3 is 5.32 Å². The molecular formula is C12H14BrN5. The van der Waals surface area contributed by atoms with E-state index in [0.717, 1.165) is 28.8 Å². The smallest absolute Gasteiger partial charge is 0.182 e. The molecule has 0 saturated heterocycles. The summed E-state index contributed by atoms with van der Waals surface area (Å²) >= 11 is 3.53. The zero-order valence-corrected chi connectivity index (χ0v) is 11.9. The first-order valence-electron chi connectivity index (χ1n) is 5.76. The van der Waals surface area contributed by atoms with Gasteiger partial charge in [-0.2, -0.15) is 0 Å². The normalized spacial score (nSPS) is 10.4. The highest BCUT2D eigenvalue weighted by molar-refractivity contribution is 9.10. The van der Waals surface area contributed by atoms with Gasteiger partial charge in [0.1, 0.15) is 11.5 Å². The molecule has 0 unspecified atom stereocenters. The summed E-state index contributed by atoms with van der Waals surface area (Å²) in [5.74, 6) is 1.37. The van der Waals surface area contributed by atoms with Gasteiger partial charge in [0, 0.05) is 19.4 Å². The number of aromatic nitrogens is 4. The molecule has 0 aromatic carbocycles. The van der Waals surface area contributed by atoms with E-state index in [-0.39, 0.29) is 0 Å². The Balaban J connectivity index is 2.52. The fraction of sp³-hybridized carbons (Fsp3) is 0.333. The maximum atomic E-state index is 4.54. The number of hydrogen-bond acceptors (Lipinski definition) is 5. The Bertz CT molecular complexity index is 529. The second-order valence-corrected chi connectivity index (χ2v) is 4.54. The topological polar surface area (TPSA) is 63.6 Å². The van der Waals surface area contributed by atoms with Crippen molar-refractivity contribution in [2.24, 2.45) is 0 Å². The average Bonchev–Trinajstić information content (AvgIpc) is 2.42. The predicted octanol–water partition coefficient (Wildman–Crippen LogP) is 2.69. The Hall–Kier alpha value is -1.56. The third-order valence-corrected chi connectivity index (χ3v) is 3.27. The van der Waals surface area contributed by atoms with Gasteiger partial charge in [0.2, 0.25) is 0 Å². The van der Waals surface area contributed by atoms with Crippen LogP contribution in [0.15, 0.2) is 23.1 Å². The van der Waals surface area contributed by atoms with Crippen LogP contribution in [-0.2, 0) is 6.42 Å². The average molecular weight is 308 g/mol. The second kappa shape index (κ2) is 5.86. The molecular weight excluding hydrogens is 294 g/mol. The van der Waals surface area contributed by atoms with Crippen molar-refractivity contribution >= 4 is 21.7 Å². The van der Waals surface area contributed by atoms with Crippen molar-refractivity contribution in [1.29, 1.82) is 0 Å². The lowest BCUT2D eigenvalue weighted by Gasteiger charge is -2.10. The highest BCUT2D eigenvalue weighted by Crippen LogP contribution is 2.26. The maximum Gasteiger partial charge on any atom is 0.182 e. The fourth-order valence-electron chi connectivity index (χ4n) is 1.59. The molecule has 0 aliphatic rings. The SMILES string of the molecule is CCCc1nc(-c2cnccn2)nc(NC)c1Br. The highest BCUT2D eigenvalue weighted by Gasteiger charge is 2.12. The van der Waals surface area contributed by atoms with Crippen molar-refractivity contribution in [3.05, 3.63) is 28.8 Å². The summed E-state index contributed by atoms with van der Waals surface area (Å²) in [6, 6.07) is 0. The summed E-state index contributed by atoms with van der Waals surface area (Å²) in [6.45, 7) is 2.12. The summed E-state index contributed by atoms with van der Waals surface area (Å²) in [4.78, 5) is 17.2. The zero-order valence-electron chi connectivity index (χ0n) is 10.3. The summed E-state index contributed by atoms with van der Waals surface area (Å²) in [7, 11) is 1.84. The first kappa shape index (κ1) is 12.9. The Morgan fingerprint density at radius 3 is 2.72 bits per heavy atom. The van der Waals surface area contributed by atoms with E-state index in [4.69, 9.17) is 0 Å². The van der Waals surface area contributed by atoms with Crippen LogP contribution in [0.5, 0.6) is 0 Å². The van der Waals surface area contributed by atoms with Crippen LogP contribution in [-0.4, -0.2) is 27.0 Å². The fourth-order valence-corrected chi connectivity index (χ4v) is 2.16. The molecule has 6 heteroatoms. The van der Waals surface area contributed by atoms with E-state index in [1.165, 1.54) is 0 Å². The standard InChI is InChI=1S/C12H14BrN5/c1-3-4-8-10(13)12(14-2)18-11(17-8)9-7-15-5-6-16-9/h5-7H,3-4H2,1-2H3,(H,14,17,18). The molecule has 2 heterocycles. The van der Waals surface area contributed by atoms with Gasteiger partial charge in [-0.05, 0) is 22.4 Å². The van der Waals surface area contributed by atoms with Gasteiger partial charge in [-0.25, -0.2) is 15.0 Å². The van der Waals surface area contributed by atoms with Crippen LogP contribution < -0.4 is 5.32 Å². The van der Waals surface area contributed by atoms with E-state index in [1.54, 1.807) is 18.6 Å². The van der Waals surface area contributed by atoms with Crippen LogP contribution >= 0.6 is 15.9 Å². The Kier molecular flexibility index (Phi) is 4.19. The van der Waals surface area contributed by atoms with Gasteiger partial charge in [-0.3, -0.25) is 4.98 Å². The van der Waals surface area contributed by atoms with E-state index in [1.807, 2.05) is 7.05 Å². The molecule has 2 aromatic heterocycles. The third-order valence-electron chi connectivity index (χ3n) is 2.44. The lowest BCUT2D eigenvalue weighted by Crippen LogP contribution is -2.04. The summed E-state index contributed by atoms with van der Waals surface area (Å²) in [6.07, 6.45) is 6.86. The van der Waals surface area contributed by atoms with Gasteiger partial charge in [-0.1, -0.05) is 13.3 Å². The van der Waals surface area contributed by atoms with E-state index < -0.39 is 0 Å². The van der Waals surface area contributed by atoms with Crippen LogP contribution in [0.25, 0.3) is 11.5 Å². The van der Waals surface area contributed by atoms with Crippen molar-refractivity contribution in [1.82, 2.24) is 19.9 Å². The molecule has 0 bridgehead atoms. The van der Waals surface area contributed by atoms with Crippen molar-refractivity contribution in [2.75, 3.05) is 12.4 Å². The van der Waals surface area contributed by atoms with E-state index in [2.05, 4.69) is 48.1 Å². The number of halogens is 1. The monoisotopic (exact) mass is 307 g/mol. The molecule has 0 radical (unpaired) electrons. The van der Waals surface area contributed by atoms with Gasteiger partial charge in [0.15, 0.2) is 5.82 Å². The highest BCUT2D eigenvalue weighted by atomic mass is 79.9. The summed E-state index contributed by atoms with van der Waals surface area (Å²) in [5, 5.41) is 3.06. The quantitative estimate of drug-likeness (QED) is 0.941. The van der Waals surface area contributed by atoms with Crippen LogP contribution in [0.3, 0.4) is 0 Å². The zero-order chi connectivity index (χ0) is 13.0. The number of rotatable bonds is 4. The van der Waals surface area contributed by atoms with Crippen LogP contribution in [0, 0.1) is 0 Å². The van der Waals surface area contributed by atoms with Gasteiger partial charge in [0.25, 0.3) is 0 Å². The maximum absolute atomic E-state index is 4.54. The predicted molar refractivity (Wildman–Crippen MR) is 74.3 cm³/mol. The largest absolute Gasteiger partial charge is 0.372 e. The Morgan fingerprint density at radius 1 is 1.28 bits per heavy atom. The summed E-state index contributed by atoms with van der Waals surface area (Å²) in [5.41, 5.74) is 1.66. The van der Waals surface area contributed by atoms with E-state index >= 15 is 0 Å². The molecule has 18 heavy (non-hydrogen) atoms. The van der Waals surface area contributed by atoms with Gasteiger partial charge >= 0.3 is 0 Å². The first-order chi connectivity index (χ1) is 8.76. The molecule has 0 spiro atoms. The minimum Gasteiger partial charge on any atom is -0.372 e. The second-order valence-electron chi connectivity index (χ2n) is 3.75. The lowest BCUT2D eigenvalue weighted by molar-refractivity contribution is 0.867. The molecule has 0 saturated carbocycles. The van der Waals surface area contributed by atoms with Crippen LogP contribution in [0.4, 0.5) is 5.82 Å². The molecule has 2 rings (SSSR count). The molecule has 1 N–H and O–H groups in total. The van der Waals surface area contributed by atoms with E-state index in [0.29, 0.717) is 11.5 Å². The van der Waals surface area contributed by atoms with Crippen molar-refractivity contribution in [2.45, 2.75) is 19.8 Å². The number of nitrogens with one attached hydrogen (secondary N) is 1. The lowest BCUT2D eigenvalue weighted by atomic mass is 10.2. The first-order valence-corrected chi connectivity index (χ1v) is 6.56. The van der Waals surface area contributed by atoms with Crippen molar-refractivity contribution < 1.29 is 0 Å². The number of anilines is 1. The Morgan fingerprint density at radius 2 is 2.11 bits per heavy atom. The Labute approximate surface area is 114 Å². The number of hydrogen-bond donors (Lipinski definition) is 1. The third kappa shape index (κ3) is 2.64. The van der Waals surface area contributed by atoms with Gasteiger partial charge in [0.05, 0.1) is 16.4 Å². The number of aryl methyl sites for hydroxylation is 1. The molecule has 0 fully saturated rings. The minimum absolute atomic E-state index is 0.596. The van der Waals surface area contributed by atoms with Crippen LogP contribution in [0.2, 0.25) is 0 Å². The summed E-state index contributed by atoms with van der Waals surface area (Å²) < 4.78 is 0.916. The minimum atomic E-state index is 0.596. The van der Waals surface area contributed by atoms with Crippen LogP contribution in [0.1, 0.15) is 19.0 Å². The van der Waals surface area contributed by atoms with Gasteiger partial charge in [-0.15, -0.1) is 0 Å². The number of nitrogens with zero attached hydrogens (tertiary/aromatic N) is 4. The van der Waals surface area contributed by atoms with Crippen molar-refractivity contribution in [3.8, 4) is 11.5 Å². The molecule has 0 atom stereocenters. The molecule has 0 aliphatic heterocycles. The molecule has 0 aliphatic carbocycles. The van der Waals surface area contributed by atoms with E-state index in [9.17, 15) is 0 Å².